The molecular formula is C22H23ClN6O2S. The SMILES string of the molecule is CC(=O)Nc1cccc(C(=O)N2CCN(Cc3cccc(Nc4ncc(Cl)s4)n3)CC2)c1. The molecule has 8 nitrogen and oxygen atoms in total. The van der Waals surface area contributed by atoms with Gasteiger partial charge in [-0.25, -0.2) is 9.97 Å². The first-order chi connectivity index (χ1) is 15.5. The number of carbonyl (C=O) groups is 2. The summed E-state index contributed by atoms with van der Waals surface area (Å²) in [6, 6.07) is 12.9. The third-order valence-electron chi connectivity index (χ3n) is 4.99. The minimum atomic E-state index is -0.161. The molecule has 32 heavy (non-hydrogen) atoms. The van der Waals surface area contributed by atoms with Crippen molar-refractivity contribution in [3.05, 3.63) is 64.3 Å². The van der Waals surface area contributed by atoms with Crippen molar-refractivity contribution < 1.29 is 9.59 Å². The van der Waals surface area contributed by atoms with Crippen LogP contribution in [0.15, 0.2) is 48.7 Å². The highest BCUT2D eigenvalue weighted by atomic mass is 35.5. The Morgan fingerprint density at radius 3 is 2.62 bits per heavy atom. The number of amides is 2. The van der Waals surface area contributed by atoms with E-state index >= 15 is 0 Å². The van der Waals surface area contributed by atoms with E-state index in [1.807, 2.05) is 23.1 Å². The Balaban J connectivity index is 1.32. The zero-order valence-electron chi connectivity index (χ0n) is 17.5. The van der Waals surface area contributed by atoms with E-state index in [1.165, 1.54) is 18.3 Å². The first-order valence-electron chi connectivity index (χ1n) is 10.2. The maximum absolute atomic E-state index is 12.9. The molecule has 0 unspecified atom stereocenters. The highest BCUT2D eigenvalue weighted by Gasteiger charge is 2.22. The van der Waals surface area contributed by atoms with Gasteiger partial charge < -0.3 is 15.5 Å². The predicted molar refractivity (Wildman–Crippen MR) is 127 cm³/mol. The number of halogens is 1. The molecule has 2 N–H and O–H groups in total. The number of carbonyl (C=O) groups excluding carboxylic acids is 2. The minimum Gasteiger partial charge on any atom is -0.336 e. The van der Waals surface area contributed by atoms with Gasteiger partial charge in [0.05, 0.1) is 11.9 Å². The Bertz CT molecular complexity index is 1110. The number of nitrogens with one attached hydrogen (secondary N) is 2. The summed E-state index contributed by atoms with van der Waals surface area (Å²) in [5.41, 5.74) is 2.15. The molecule has 2 aromatic heterocycles. The molecule has 1 aliphatic heterocycles. The second-order valence-electron chi connectivity index (χ2n) is 7.44. The van der Waals surface area contributed by atoms with Crippen LogP contribution in [-0.2, 0) is 11.3 Å². The van der Waals surface area contributed by atoms with Gasteiger partial charge >= 0.3 is 0 Å². The first-order valence-corrected chi connectivity index (χ1v) is 11.4. The Labute approximate surface area is 195 Å². The van der Waals surface area contributed by atoms with E-state index in [2.05, 4.69) is 25.5 Å². The maximum Gasteiger partial charge on any atom is 0.254 e. The van der Waals surface area contributed by atoms with E-state index in [9.17, 15) is 9.59 Å². The van der Waals surface area contributed by atoms with Crippen molar-refractivity contribution in [2.75, 3.05) is 36.8 Å². The van der Waals surface area contributed by atoms with Gasteiger partial charge in [0.25, 0.3) is 5.91 Å². The monoisotopic (exact) mass is 470 g/mol. The van der Waals surface area contributed by atoms with Crippen LogP contribution in [0.2, 0.25) is 4.34 Å². The zero-order valence-corrected chi connectivity index (χ0v) is 19.1. The molecule has 0 saturated carbocycles. The maximum atomic E-state index is 12.9. The summed E-state index contributed by atoms with van der Waals surface area (Å²) >= 11 is 7.30. The summed E-state index contributed by atoms with van der Waals surface area (Å²) in [5.74, 6) is 0.538. The average molecular weight is 471 g/mol. The van der Waals surface area contributed by atoms with Crippen LogP contribution >= 0.6 is 22.9 Å². The summed E-state index contributed by atoms with van der Waals surface area (Å²) in [4.78, 5) is 37.1. The summed E-state index contributed by atoms with van der Waals surface area (Å²) in [6.07, 6.45) is 1.61. The van der Waals surface area contributed by atoms with Gasteiger partial charge in [-0.3, -0.25) is 14.5 Å². The predicted octanol–water partition coefficient (Wildman–Crippen LogP) is 3.85. The van der Waals surface area contributed by atoms with Crippen molar-refractivity contribution >= 4 is 51.4 Å². The smallest absolute Gasteiger partial charge is 0.254 e. The van der Waals surface area contributed by atoms with Crippen molar-refractivity contribution in [1.29, 1.82) is 0 Å². The molecule has 4 rings (SSSR count). The topological polar surface area (TPSA) is 90.5 Å². The van der Waals surface area contributed by atoms with Crippen molar-refractivity contribution in [3.63, 3.8) is 0 Å². The molecular weight excluding hydrogens is 448 g/mol. The van der Waals surface area contributed by atoms with E-state index in [4.69, 9.17) is 11.6 Å². The molecule has 0 atom stereocenters. The van der Waals surface area contributed by atoms with Gasteiger partial charge in [0.1, 0.15) is 10.2 Å². The minimum absolute atomic E-state index is 0.0247. The van der Waals surface area contributed by atoms with Gasteiger partial charge in [-0.2, -0.15) is 0 Å². The van der Waals surface area contributed by atoms with Crippen LogP contribution in [0.3, 0.4) is 0 Å². The van der Waals surface area contributed by atoms with E-state index in [0.717, 1.165) is 24.6 Å². The van der Waals surface area contributed by atoms with Crippen LogP contribution in [0, 0.1) is 0 Å². The van der Waals surface area contributed by atoms with Crippen molar-refractivity contribution in [1.82, 2.24) is 19.8 Å². The van der Waals surface area contributed by atoms with Crippen LogP contribution in [-0.4, -0.2) is 57.8 Å². The standard InChI is InChI=1S/C22H23ClN6O2S/c1-15(30)25-17-5-2-4-16(12-17)21(31)29-10-8-28(9-11-29)14-18-6-3-7-20(26-18)27-22-24-13-19(23)32-22/h2-7,12-13H,8-11,14H2,1H3,(H,25,30)(H,24,26,27). The quantitative estimate of drug-likeness (QED) is 0.568. The summed E-state index contributed by atoms with van der Waals surface area (Å²) in [7, 11) is 0. The molecule has 0 bridgehead atoms. The second-order valence-corrected chi connectivity index (χ2v) is 9.10. The number of pyridine rings is 1. The number of hydrogen-bond acceptors (Lipinski definition) is 7. The fourth-order valence-corrected chi connectivity index (χ4v) is 4.33. The second kappa shape index (κ2) is 10.1. The van der Waals surface area contributed by atoms with Crippen LogP contribution in [0.1, 0.15) is 23.0 Å². The van der Waals surface area contributed by atoms with E-state index in [-0.39, 0.29) is 11.8 Å². The molecule has 10 heteroatoms. The number of aromatic nitrogens is 2. The van der Waals surface area contributed by atoms with E-state index in [1.54, 1.807) is 30.5 Å². The highest BCUT2D eigenvalue weighted by Crippen LogP contribution is 2.25. The molecule has 1 saturated heterocycles. The van der Waals surface area contributed by atoms with Crippen LogP contribution in [0.5, 0.6) is 0 Å². The van der Waals surface area contributed by atoms with Gasteiger partial charge in [-0.15, -0.1) is 0 Å². The number of piperazine rings is 1. The third-order valence-corrected chi connectivity index (χ3v) is 6.02. The molecule has 1 aliphatic rings. The molecule has 166 valence electrons. The largest absolute Gasteiger partial charge is 0.336 e. The Hall–Kier alpha value is -3.01. The first kappa shape index (κ1) is 22.2. The van der Waals surface area contributed by atoms with Crippen LogP contribution in [0.25, 0.3) is 0 Å². The van der Waals surface area contributed by atoms with Gasteiger partial charge in [-0.05, 0) is 30.3 Å². The van der Waals surface area contributed by atoms with Gasteiger partial charge in [0, 0.05) is 50.9 Å². The molecule has 1 aromatic carbocycles. The number of hydrogen-bond donors (Lipinski definition) is 2. The van der Waals surface area contributed by atoms with Gasteiger partial charge in [0.15, 0.2) is 5.13 Å². The Morgan fingerprint density at radius 1 is 1.12 bits per heavy atom. The highest BCUT2D eigenvalue weighted by molar-refractivity contribution is 7.19. The fraction of sp³-hybridized carbons (Fsp3) is 0.273. The molecule has 3 aromatic rings. The van der Waals surface area contributed by atoms with Crippen molar-refractivity contribution in [2.24, 2.45) is 0 Å². The number of anilines is 3. The average Bonchev–Trinajstić information content (AvgIpc) is 3.18. The summed E-state index contributed by atoms with van der Waals surface area (Å²) in [5, 5.41) is 6.59. The number of rotatable bonds is 6. The van der Waals surface area contributed by atoms with E-state index < -0.39 is 0 Å². The zero-order chi connectivity index (χ0) is 22.5. The molecule has 1 fully saturated rings. The normalized spacial score (nSPS) is 14.2. The lowest BCUT2D eigenvalue weighted by molar-refractivity contribution is -0.114. The van der Waals surface area contributed by atoms with Gasteiger partial charge in [-0.1, -0.05) is 35.1 Å². The molecule has 0 aliphatic carbocycles. The lowest BCUT2D eigenvalue weighted by Crippen LogP contribution is -2.48. The van der Waals surface area contributed by atoms with Crippen molar-refractivity contribution in [3.8, 4) is 0 Å². The van der Waals surface area contributed by atoms with Crippen LogP contribution in [0.4, 0.5) is 16.6 Å². The lowest BCUT2D eigenvalue weighted by atomic mass is 10.1. The molecule has 3 heterocycles. The summed E-state index contributed by atoms with van der Waals surface area (Å²) < 4.78 is 0.623. The number of nitrogens with zero attached hydrogens (tertiary/aromatic N) is 4. The Kier molecular flexibility index (Phi) is 6.99. The number of benzene rings is 1. The molecule has 0 spiro atoms. The number of thiazole rings is 1. The Morgan fingerprint density at radius 2 is 1.91 bits per heavy atom. The fourth-order valence-electron chi connectivity index (χ4n) is 3.51. The van der Waals surface area contributed by atoms with E-state index in [0.29, 0.717) is 40.4 Å². The molecule has 0 radical (unpaired) electrons. The van der Waals surface area contributed by atoms with Crippen molar-refractivity contribution in [2.45, 2.75) is 13.5 Å². The molecule has 2 amide bonds. The summed E-state index contributed by atoms with van der Waals surface area (Å²) in [6.45, 7) is 4.95. The third kappa shape index (κ3) is 5.82. The van der Waals surface area contributed by atoms with Gasteiger partial charge in [0.2, 0.25) is 5.91 Å². The lowest BCUT2D eigenvalue weighted by Gasteiger charge is -2.34. The van der Waals surface area contributed by atoms with Crippen LogP contribution < -0.4 is 10.6 Å².